The van der Waals surface area contributed by atoms with Crippen molar-refractivity contribution in [3.05, 3.63) is 36.5 Å². The van der Waals surface area contributed by atoms with Crippen molar-refractivity contribution < 1.29 is 59.7 Å². The van der Waals surface area contributed by atoms with Gasteiger partial charge in [0.15, 0.2) is 17.6 Å². The van der Waals surface area contributed by atoms with Crippen LogP contribution in [-0.4, -0.2) is 103 Å². The molecule has 3 fully saturated rings. The molecule has 4 heterocycles. The van der Waals surface area contributed by atoms with Gasteiger partial charge >= 0.3 is 12.3 Å². The quantitative estimate of drug-likeness (QED) is 0.338. The van der Waals surface area contributed by atoms with E-state index in [0.29, 0.717) is 74.5 Å². The maximum atomic E-state index is 14.7. The van der Waals surface area contributed by atoms with E-state index in [1.807, 2.05) is 13.0 Å². The second-order valence-corrected chi connectivity index (χ2v) is 18.7. The summed E-state index contributed by atoms with van der Waals surface area (Å²) < 4.78 is 90.2. The van der Waals surface area contributed by atoms with Gasteiger partial charge < -0.3 is 34.5 Å². The summed E-state index contributed by atoms with van der Waals surface area (Å²) in [5.41, 5.74) is -1.65. The molecule has 0 spiro atoms. The van der Waals surface area contributed by atoms with Crippen LogP contribution < -0.4 is 29.6 Å². The standard InChI is InChI=1S/C39H48F3N5O10S/c1-21-7-5-6-8-24-19-38(24,35(50)46-58(52,53)37(4)12-13-37)45-32(48)28-18-25(57-33-27-9-10-29-31(55-16-15-54-29)26(27)11-14-43-33)20-47(28)34(49)30(22(2)17-21)44-36(51)56-23(3)39(40,41)42/h6,8-11,14,21-25,28,30H,5,7,12-13,15-20H2,1-4H3,(H,44,51)(H,45,48)(H,46,50)/b8-6-/t21-,22+,23+,24+,25+,28-,30-,38+/m0/s1. The highest BCUT2D eigenvalue weighted by Crippen LogP contribution is 2.48. The maximum absolute atomic E-state index is 14.7. The highest BCUT2D eigenvalue weighted by molar-refractivity contribution is 7.91. The third-order valence-corrected chi connectivity index (χ3v) is 14.1. The summed E-state index contributed by atoms with van der Waals surface area (Å²) in [7, 11) is -4.08. The molecule has 0 radical (unpaired) electrons. The Bertz CT molecular complexity index is 2110. The molecule has 1 aromatic heterocycles. The van der Waals surface area contributed by atoms with Crippen LogP contribution in [0.15, 0.2) is 36.5 Å². The van der Waals surface area contributed by atoms with Crippen molar-refractivity contribution in [3.8, 4) is 17.4 Å². The number of carbonyl (C=O) groups excluding carboxylic acids is 4. The van der Waals surface area contributed by atoms with Crippen LogP contribution in [0.3, 0.4) is 0 Å². The lowest BCUT2D eigenvalue weighted by Gasteiger charge is -2.33. The van der Waals surface area contributed by atoms with E-state index >= 15 is 0 Å². The number of carbonyl (C=O) groups is 4. The summed E-state index contributed by atoms with van der Waals surface area (Å²) in [4.78, 5) is 61.7. The van der Waals surface area contributed by atoms with Crippen molar-refractivity contribution >= 4 is 44.6 Å². The third-order valence-electron chi connectivity index (χ3n) is 12.0. The van der Waals surface area contributed by atoms with E-state index in [-0.39, 0.29) is 31.2 Å². The Morgan fingerprint density at radius 2 is 1.83 bits per heavy atom. The number of fused-ring (bicyclic) bond motifs is 5. The van der Waals surface area contributed by atoms with E-state index in [0.717, 1.165) is 0 Å². The first-order chi connectivity index (χ1) is 27.3. The number of ether oxygens (including phenoxy) is 4. The Hall–Kier alpha value is -4.81. The first kappa shape index (κ1) is 41.4. The number of pyridine rings is 1. The molecule has 19 heteroatoms. The zero-order chi connectivity index (χ0) is 41.8. The topological polar surface area (TPSA) is 192 Å². The average Bonchev–Trinajstić information content (AvgIpc) is 4.04. The number of nitrogens with zero attached hydrogens (tertiary/aromatic N) is 2. The number of hydrogen-bond acceptors (Lipinski definition) is 11. The molecule has 15 nitrogen and oxygen atoms in total. The second kappa shape index (κ2) is 15.4. The van der Waals surface area contributed by atoms with E-state index in [2.05, 4.69) is 25.1 Å². The zero-order valence-electron chi connectivity index (χ0n) is 32.6. The number of sulfonamides is 1. The van der Waals surface area contributed by atoms with Gasteiger partial charge in [-0.25, -0.2) is 18.2 Å². The number of nitrogens with one attached hydrogen (secondary N) is 3. The van der Waals surface area contributed by atoms with Gasteiger partial charge in [0.1, 0.15) is 36.9 Å². The van der Waals surface area contributed by atoms with Gasteiger partial charge in [0, 0.05) is 29.3 Å². The van der Waals surface area contributed by atoms with Gasteiger partial charge in [0.05, 0.1) is 11.3 Å². The largest absolute Gasteiger partial charge is 0.486 e. The van der Waals surface area contributed by atoms with Crippen LogP contribution in [0.25, 0.3) is 10.8 Å². The molecule has 7 rings (SSSR count). The molecule has 58 heavy (non-hydrogen) atoms. The molecular weight excluding hydrogens is 788 g/mol. The molecule has 5 aliphatic rings. The fourth-order valence-corrected chi connectivity index (χ4v) is 9.29. The number of benzene rings is 1. The highest BCUT2D eigenvalue weighted by atomic mass is 32.2. The Morgan fingerprint density at radius 3 is 2.55 bits per heavy atom. The van der Waals surface area contributed by atoms with Crippen molar-refractivity contribution in [2.45, 2.75) is 113 Å². The SMILES string of the molecule is C[C@H]1CC/C=C\[C@@H]2C[C@@]2(C(=O)NS(=O)(=O)C2(C)CC2)NC(=O)[C@@H]2C[C@@H](Oc3nccc4c5c(ccc34)OCCO5)CN2C(=O)[C@@H](NC(=O)O[C@H](C)C(F)(F)F)[C@H](C)C1. The van der Waals surface area contributed by atoms with Gasteiger partial charge in [-0.3, -0.25) is 19.1 Å². The molecule has 4 amide bonds. The van der Waals surface area contributed by atoms with Crippen LogP contribution >= 0.6 is 0 Å². The molecule has 2 aromatic rings. The lowest BCUT2D eigenvalue weighted by Crippen LogP contribution is -2.59. The first-order valence-electron chi connectivity index (χ1n) is 19.6. The smallest absolute Gasteiger partial charge is 0.425 e. The maximum Gasteiger partial charge on any atom is 0.425 e. The van der Waals surface area contributed by atoms with Crippen LogP contribution in [0.4, 0.5) is 18.0 Å². The monoisotopic (exact) mass is 835 g/mol. The molecule has 2 aliphatic carbocycles. The number of allylic oxidation sites excluding steroid dienone is 1. The third kappa shape index (κ3) is 8.23. The molecule has 2 saturated carbocycles. The molecule has 0 unspecified atom stereocenters. The van der Waals surface area contributed by atoms with Crippen LogP contribution in [0.2, 0.25) is 0 Å². The van der Waals surface area contributed by atoms with Gasteiger partial charge in [0.25, 0.3) is 5.91 Å². The lowest BCUT2D eigenvalue weighted by molar-refractivity contribution is -0.197. The Morgan fingerprint density at radius 1 is 1.09 bits per heavy atom. The summed E-state index contributed by atoms with van der Waals surface area (Å²) in [5.74, 6) is -2.47. The molecule has 1 aromatic carbocycles. The molecule has 3 aliphatic heterocycles. The number of rotatable bonds is 7. The van der Waals surface area contributed by atoms with Crippen molar-refractivity contribution in [1.29, 1.82) is 0 Å². The van der Waals surface area contributed by atoms with Gasteiger partial charge in [-0.2, -0.15) is 13.2 Å². The highest BCUT2D eigenvalue weighted by Gasteiger charge is 2.63. The van der Waals surface area contributed by atoms with Crippen LogP contribution in [-0.2, 0) is 29.1 Å². The second-order valence-electron chi connectivity index (χ2n) is 16.5. The summed E-state index contributed by atoms with van der Waals surface area (Å²) in [6.07, 6.45) is -2.26. The minimum atomic E-state index is -4.85. The van der Waals surface area contributed by atoms with Crippen molar-refractivity contribution in [2.24, 2.45) is 17.8 Å². The van der Waals surface area contributed by atoms with E-state index in [1.165, 1.54) is 18.0 Å². The first-order valence-corrected chi connectivity index (χ1v) is 21.0. The number of alkyl halides is 3. The predicted molar refractivity (Wildman–Crippen MR) is 201 cm³/mol. The van der Waals surface area contributed by atoms with Crippen molar-refractivity contribution in [1.82, 2.24) is 25.2 Å². The summed E-state index contributed by atoms with van der Waals surface area (Å²) in [5, 5.41) is 6.36. The number of alkyl carbamates (subject to hydrolysis) is 1. The summed E-state index contributed by atoms with van der Waals surface area (Å²) in [6.45, 7) is 6.31. The lowest BCUT2D eigenvalue weighted by atomic mass is 9.88. The van der Waals surface area contributed by atoms with Crippen molar-refractivity contribution in [3.63, 3.8) is 0 Å². The summed E-state index contributed by atoms with van der Waals surface area (Å²) >= 11 is 0. The number of amides is 4. The number of aromatic nitrogens is 1. The van der Waals surface area contributed by atoms with Crippen molar-refractivity contribution in [2.75, 3.05) is 19.8 Å². The molecule has 0 bridgehead atoms. The minimum absolute atomic E-state index is 0.0357. The Kier molecular flexibility index (Phi) is 11.0. The van der Waals surface area contributed by atoms with E-state index in [9.17, 15) is 40.8 Å². The van der Waals surface area contributed by atoms with E-state index < -0.39 is 86.4 Å². The fraction of sp³-hybridized carbons (Fsp3) is 0.615. The fourth-order valence-electron chi connectivity index (χ4n) is 7.98. The summed E-state index contributed by atoms with van der Waals surface area (Å²) in [6, 6.07) is 2.44. The van der Waals surface area contributed by atoms with Crippen LogP contribution in [0.1, 0.15) is 72.6 Å². The number of hydrogen-bond donors (Lipinski definition) is 3. The molecule has 316 valence electrons. The van der Waals surface area contributed by atoms with Gasteiger partial charge in [-0.15, -0.1) is 0 Å². The van der Waals surface area contributed by atoms with E-state index in [1.54, 1.807) is 31.2 Å². The van der Waals surface area contributed by atoms with Gasteiger partial charge in [-0.05, 0) is 82.4 Å². The predicted octanol–water partition coefficient (Wildman–Crippen LogP) is 4.29. The van der Waals surface area contributed by atoms with Gasteiger partial charge in [0.2, 0.25) is 27.7 Å². The average molecular weight is 836 g/mol. The molecule has 8 atom stereocenters. The van der Waals surface area contributed by atoms with Crippen LogP contribution in [0, 0.1) is 17.8 Å². The van der Waals surface area contributed by atoms with Crippen LogP contribution in [0.5, 0.6) is 17.4 Å². The zero-order valence-corrected chi connectivity index (χ0v) is 33.4. The Labute approximate surface area is 333 Å². The van der Waals surface area contributed by atoms with E-state index in [4.69, 9.17) is 14.2 Å². The van der Waals surface area contributed by atoms with Gasteiger partial charge in [-0.1, -0.05) is 26.0 Å². The molecule has 1 saturated heterocycles. The Balaban J connectivity index is 1.22. The normalized spacial score (nSPS) is 30.6. The minimum Gasteiger partial charge on any atom is -0.486 e. The molecule has 3 N–H and O–H groups in total. The molecular formula is C39H48F3N5O10S. The number of halogens is 3.